The van der Waals surface area contributed by atoms with Gasteiger partial charge in [0.25, 0.3) is 0 Å². The van der Waals surface area contributed by atoms with Crippen molar-refractivity contribution in [1.29, 1.82) is 0 Å². The first-order valence-corrected chi connectivity index (χ1v) is 6.71. The van der Waals surface area contributed by atoms with Crippen molar-refractivity contribution in [3.8, 4) is 0 Å². The lowest BCUT2D eigenvalue weighted by Gasteiger charge is -2.02. The van der Waals surface area contributed by atoms with Gasteiger partial charge in [0, 0.05) is 23.1 Å². The van der Waals surface area contributed by atoms with Gasteiger partial charge in [0.2, 0.25) is 17.8 Å². The highest BCUT2D eigenvalue weighted by atomic mass is 79.9. The van der Waals surface area contributed by atoms with Gasteiger partial charge in [0.05, 0.1) is 0 Å². The van der Waals surface area contributed by atoms with Crippen LogP contribution in [0.2, 0.25) is 0 Å². The summed E-state index contributed by atoms with van der Waals surface area (Å²) >= 11 is 0. The van der Waals surface area contributed by atoms with E-state index in [0.717, 1.165) is 16.5 Å². The maximum absolute atomic E-state index is 12.3. The van der Waals surface area contributed by atoms with Crippen LogP contribution in [0.25, 0.3) is 10.9 Å². The molecule has 0 N–H and O–H groups in total. The van der Waals surface area contributed by atoms with Crippen molar-refractivity contribution in [1.82, 2.24) is 0 Å². The number of Topliss-reactive ketones (excluding diaryl/α,β-unsaturated/α-hetero) is 1. The number of carbonyl (C=O) groups is 1. The predicted octanol–water partition coefficient (Wildman–Crippen LogP) is 0.323. The largest absolute Gasteiger partial charge is 1.00 e. The fraction of sp³-hybridized carbons (Fsp3) is 0.111. The number of nitrogens with zero attached hydrogens (tertiary/aromatic N) is 1. The summed E-state index contributed by atoms with van der Waals surface area (Å²) in [4.78, 5) is 12.3. The molecule has 0 saturated carbocycles. The van der Waals surface area contributed by atoms with Crippen LogP contribution in [-0.2, 0) is 6.54 Å². The highest BCUT2D eigenvalue weighted by molar-refractivity contribution is 5.95. The lowest BCUT2D eigenvalue weighted by molar-refractivity contribution is -0.657. The van der Waals surface area contributed by atoms with Gasteiger partial charge in [-0.2, -0.15) is 4.57 Å². The van der Waals surface area contributed by atoms with E-state index in [2.05, 4.69) is 31.2 Å². The quantitative estimate of drug-likeness (QED) is 0.496. The van der Waals surface area contributed by atoms with Crippen LogP contribution in [0.5, 0.6) is 0 Å². The van der Waals surface area contributed by atoms with E-state index in [1.165, 1.54) is 5.56 Å². The molecule has 0 unspecified atom stereocenters. The van der Waals surface area contributed by atoms with E-state index < -0.39 is 0 Å². The van der Waals surface area contributed by atoms with Gasteiger partial charge in [-0.3, -0.25) is 4.79 Å². The maximum atomic E-state index is 12.3. The topological polar surface area (TPSA) is 20.9 Å². The molecule has 0 aliphatic heterocycles. The second-order valence-electron chi connectivity index (χ2n) is 4.99. The minimum absolute atomic E-state index is 0. The maximum Gasteiger partial charge on any atom is 0.227 e. The summed E-state index contributed by atoms with van der Waals surface area (Å²) < 4.78 is 2.01. The number of rotatable bonds is 3. The van der Waals surface area contributed by atoms with E-state index >= 15 is 0 Å². The van der Waals surface area contributed by atoms with E-state index in [9.17, 15) is 4.79 Å². The Kier molecular flexibility index (Phi) is 4.86. The van der Waals surface area contributed by atoms with Crippen molar-refractivity contribution < 1.29 is 26.3 Å². The predicted molar refractivity (Wildman–Crippen MR) is 79.7 cm³/mol. The fourth-order valence-electron chi connectivity index (χ4n) is 2.38. The van der Waals surface area contributed by atoms with Crippen LogP contribution in [0.1, 0.15) is 15.9 Å². The Bertz CT molecular complexity index is 769. The van der Waals surface area contributed by atoms with Gasteiger partial charge in [-0.05, 0) is 24.6 Å². The molecule has 21 heavy (non-hydrogen) atoms. The van der Waals surface area contributed by atoms with Gasteiger partial charge in [-0.25, -0.2) is 0 Å². The normalized spacial score (nSPS) is 10.1. The molecule has 3 heteroatoms. The summed E-state index contributed by atoms with van der Waals surface area (Å²) in [6.45, 7) is 2.43. The zero-order chi connectivity index (χ0) is 13.9. The second kappa shape index (κ2) is 6.64. The number of aryl methyl sites for hydroxylation is 1. The standard InChI is InChI=1S/C18H16NO.BrH/c1-14-9-10-15-8-5-11-19(17(15)12-14)13-18(20)16-6-3-2-4-7-16;/h2-12H,13H2,1H3;1H/q+1;/p-1. The molecule has 0 fully saturated rings. The van der Waals surface area contributed by atoms with Gasteiger partial charge < -0.3 is 17.0 Å². The number of hydrogen-bond donors (Lipinski definition) is 0. The van der Waals surface area contributed by atoms with E-state index in [0.29, 0.717) is 6.54 Å². The Morgan fingerprint density at radius 2 is 1.76 bits per heavy atom. The number of pyridine rings is 1. The zero-order valence-electron chi connectivity index (χ0n) is 11.8. The summed E-state index contributed by atoms with van der Waals surface area (Å²) in [6, 6.07) is 19.8. The number of carbonyl (C=O) groups excluding carboxylic acids is 1. The monoisotopic (exact) mass is 341 g/mol. The molecule has 0 spiro atoms. The van der Waals surface area contributed by atoms with Crippen LogP contribution < -0.4 is 21.5 Å². The van der Waals surface area contributed by atoms with Crippen molar-refractivity contribution in [3.05, 3.63) is 78.0 Å². The molecule has 2 aromatic carbocycles. The molecular formula is C18H16BrNO. The van der Waals surface area contributed by atoms with Crippen LogP contribution in [-0.4, -0.2) is 5.78 Å². The highest BCUT2D eigenvalue weighted by Crippen LogP contribution is 2.11. The van der Waals surface area contributed by atoms with Crippen LogP contribution in [0, 0.1) is 6.92 Å². The summed E-state index contributed by atoms with van der Waals surface area (Å²) in [6.07, 6.45) is 1.96. The molecule has 106 valence electrons. The molecule has 1 aromatic heterocycles. The van der Waals surface area contributed by atoms with Gasteiger partial charge in [0.15, 0.2) is 6.20 Å². The van der Waals surface area contributed by atoms with Crippen LogP contribution in [0.4, 0.5) is 0 Å². The molecular weight excluding hydrogens is 326 g/mol. The molecule has 3 rings (SSSR count). The molecule has 2 nitrogen and oxygen atoms in total. The molecule has 0 saturated heterocycles. The van der Waals surface area contributed by atoms with E-state index in [1.807, 2.05) is 47.2 Å². The molecule has 1 heterocycles. The third kappa shape index (κ3) is 3.37. The van der Waals surface area contributed by atoms with E-state index in [-0.39, 0.29) is 22.8 Å². The van der Waals surface area contributed by atoms with Gasteiger partial charge in [0.1, 0.15) is 0 Å². The average molecular weight is 342 g/mol. The van der Waals surface area contributed by atoms with Crippen molar-refractivity contribution in [2.24, 2.45) is 0 Å². The van der Waals surface area contributed by atoms with Gasteiger partial charge in [-0.15, -0.1) is 0 Å². The first-order chi connectivity index (χ1) is 9.74. The fourth-order valence-corrected chi connectivity index (χ4v) is 2.38. The number of benzene rings is 2. The Morgan fingerprint density at radius 1 is 1.00 bits per heavy atom. The minimum atomic E-state index is 0. The van der Waals surface area contributed by atoms with Crippen molar-refractivity contribution in [2.45, 2.75) is 13.5 Å². The SMILES string of the molecule is Cc1ccc2ccc[n+](CC(=O)c3ccccc3)c2c1.[Br-]. The first-order valence-electron chi connectivity index (χ1n) is 6.71. The lowest BCUT2D eigenvalue weighted by Crippen LogP contribution is -3.00. The van der Waals surface area contributed by atoms with Crippen molar-refractivity contribution in [3.63, 3.8) is 0 Å². The highest BCUT2D eigenvalue weighted by Gasteiger charge is 2.14. The van der Waals surface area contributed by atoms with E-state index in [1.54, 1.807) is 0 Å². The Labute approximate surface area is 134 Å². The van der Waals surface area contributed by atoms with Crippen LogP contribution in [0.15, 0.2) is 66.9 Å². The number of aromatic nitrogens is 1. The third-order valence-corrected chi connectivity index (χ3v) is 3.45. The number of halogens is 1. The smallest absolute Gasteiger partial charge is 0.227 e. The van der Waals surface area contributed by atoms with Crippen LogP contribution >= 0.6 is 0 Å². The van der Waals surface area contributed by atoms with Crippen molar-refractivity contribution >= 4 is 16.7 Å². The molecule has 0 radical (unpaired) electrons. The summed E-state index contributed by atoms with van der Waals surface area (Å²) in [5.41, 5.74) is 3.05. The van der Waals surface area contributed by atoms with Crippen molar-refractivity contribution in [2.75, 3.05) is 0 Å². The average Bonchev–Trinajstić information content (AvgIpc) is 2.49. The number of hydrogen-bond acceptors (Lipinski definition) is 1. The van der Waals surface area contributed by atoms with Gasteiger partial charge in [-0.1, -0.05) is 36.4 Å². The molecule has 0 aliphatic rings. The summed E-state index contributed by atoms with van der Waals surface area (Å²) in [5, 5.41) is 1.15. The Balaban J connectivity index is 0.00000161. The molecule has 0 atom stereocenters. The zero-order valence-corrected chi connectivity index (χ0v) is 13.4. The molecule has 0 amide bonds. The molecule has 0 bridgehead atoms. The molecule has 3 aromatic rings. The van der Waals surface area contributed by atoms with E-state index in [4.69, 9.17) is 0 Å². The third-order valence-electron chi connectivity index (χ3n) is 3.45. The lowest BCUT2D eigenvalue weighted by atomic mass is 10.1. The minimum Gasteiger partial charge on any atom is -1.00 e. The Morgan fingerprint density at radius 3 is 2.52 bits per heavy atom. The number of fused-ring (bicyclic) bond motifs is 1. The van der Waals surface area contributed by atoms with Crippen LogP contribution in [0.3, 0.4) is 0 Å². The Hall–Kier alpha value is -2.00. The summed E-state index contributed by atoms with van der Waals surface area (Å²) in [5.74, 6) is 0.129. The van der Waals surface area contributed by atoms with Gasteiger partial charge >= 0.3 is 0 Å². The first kappa shape index (κ1) is 15.4. The second-order valence-corrected chi connectivity index (χ2v) is 4.99. The molecule has 0 aliphatic carbocycles. The number of ketones is 1. The summed E-state index contributed by atoms with van der Waals surface area (Å²) in [7, 11) is 0.